The quantitative estimate of drug-likeness (QED) is 0.230. The second kappa shape index (κ2) is 11.0. The number of hydrogen-bond donors (Lipinski definition) is 0. The molecule has 4 aromatic rings. The topological polar surface area (TPSA) is 44.8 Å². The summed E-state index contributed by atoms with van der Waals surface area (Å²) in [6.45, 7) is 2.80. The van der Waals surface area contributed by atoms with Crippen LogP contribution in [0.1, 0.15) is 57.1 Å². The van der Waals surface area contributed by atoms with E-state index in [4.69, 9.17) is 37.4 Å². The van der Waals surface area contributed by atoms with Gasteiger partial charge in [-0.1, -0.05) is 83.9 Å². The zero-order valence-electron chi connectivity index (χ0n) is 20.5. The van der Waals surface area contributed by atoms with Gasteiger partial charge in [-0.25, -0.2) is 0 Å². The Balaban J connectivity index is 1.63. The number of hydrogen-bond acceptors (Lipinski definition) is 4. The highest BCUT2D eigenvalue weighted by atomic mass is 35.5. The summed E-state index contributed by atoms with van der Waals surface area (Å²) in [5.41, 5.74) is 4.48. The molecule has 1 aliphatic carbocycles. The van der Waals surface area contributed by atoms with E-state index in [0.717, 1.165) is 22.3 Å². The van der Waals surface area contributed by atoms with Crippen molar-refractivity contribution in [1.29, 1.82) is 0 Å². The first-order chi connectivity index (χ1) is 18.0. The van der Waals surface area contributed by atoms with E-state index in [9.17, 15) is 4.79 Å². The van der Waals surface area contributed by atoms with Gasteiger partial charge in [0.15, 0.2) is 17.3 Å². The molecular weight excluding hydrogens is 507 g/mol. The molecule has 37 heavy (non-hydrogen) atoms. The predicted molar refractivity (Wildman–Crippen MR) is 146 cm³/mol. The summed E-state index contributed by atoms with van der Waals surface area (Å²) in [5, 5.41) is 0.926. The Hall–Kier alpha value is -3.31. The van der Waals surface area contributed by atoms with E-state index < -0.39 is 6.10 Å². The molecule has 0 spiro atoms. The second-order valence-corrected chi connectivity index (χ2v) is 9.59. The number of carbonyl (C=O) groups is 1. The molecule has 0 saturated carbocycles. The third-order valence-electron chi connectivity index (χ3n) is 6.62. The summed E-state index contributed by atoms with van der Waals surface area (Å²) in [5.74, 6) is 0.735. The first-order valence-corrected chi connectivity index (χ1v) is 12.9. The number of fused-ring (bicyclic) bond motifs is 2. The predicted octanol–water partition coefficient (Wildman–Crippen LogP) is 8.04. The molecule has 188 valence electrons. The first-order valence-electron chi connectivity index (χ1n) is 12.1. The first kappa shape index (κ1) is 25.3. The lowest BCUT2D eigenvalue weighted by Gasteiger charge is -2.35. The highest BCUT2D eigenvalue weighted by Gasteiger charge is 2.39. The summed E-state index contributed by atoms with van der Waals surface area (Å²) in [6, 6.07) is 26.7. The fourth-order valence-corrected chi connectivity index (χ4v) is 5.54. The van der Waals surface area contributed by atoms with Gasteiger partial charge in [0.25, 0.3) is 0 Å². The minimum absolute atomic E-state index is 0.133. The van der Waals surface area contributed by atoms with E-state index in [1.807, 2.05) is 73.7 Å². The SMILES string of the molecule is CCOC(c1ccc(OC)c(OCc2ccccc2)c1)C1c2cccc(Cl)c2C(=O)c2cccc(Cl)c21. The van der Waals surface area contributed by atoms with Gasteiger partial charge in [-0.2, -0.15) is 0 Å². The van der Waals surface area contributed by atoms with E-state index in [2.05, 4.69) is 0 Å². The van der Waals surface area contributed by atoms with E-state index in [1.165, 1.54) is 0 Å². The van der Waals surface area contributed by atoms with Crippen LogP contribution in [0.4, 0.5) is 0 Å². The van der Waals surface area contributed by atoms with Crippen molar-refractivity contribution in [1.82, 2.24) is 0 Å². The zero-order chi connectivity index (χ0) is 25.9. The van der Waals surface area contributed by atoms with Crippen LogP contribution in [0.15, 0.2) is 84.9 Å². The number of halogens is 2. The van der Waals surface area contributed by atoms with Crippen LogP contribution in [0, 0.1) is 0 Å². The fourth-order valence-electron chi connectivity index (χ4n) is 4.98. The molecule has 2 atom stereocenters. The van der Waals surface area contributed by atoms with Gasteiger partial charge in [0, 0.05) is 28.7 Å². The van der Waals surface area contributed by atoms with Crippen LogP contribution in [0.3, 0.4) is 0 Å². The molecule has 5 rings (SSSR count). The van der Waals surface area contributed by atoms with Crippen molar-refractivity contribution in [2.45, 2.75) is 25.6 Å². The fraction of sp³-hybridized carbons (Fsp3) is 0.194. The standard InChI is InChI=1S/C31H26Cl2O4/c1-3-36-31(20-15-16-25(35-2)26(17-20)37-18-19-9-5-4-6-10-19)29-21-11-7-14-24(33)28(21)30(34)22-12-8-13-23(32)27(22)29/h4-17,29,31H,3,18H2,1-2H3. The van der Waals surface area contributed by atoms with Gasteiger partial charge in [0.05, 0.1) is 18.2 Å². The molecule has 0 fully saturated rings. The Bertz CT molecular complexity index is 1430. The van der Waals surface area contributed by atoms with Gasteiger partial charge in [0.1, 0.15) is 6.61 Å². The Labute approximate surface area is 226 Å². The normalized spacial score (nSPS) is 15.0. The summed E-state index contributed by atoms with van der Waals surface area (Å²) in [4.78, 5) is 13.5. The summed E-state index contributed by atoms with van der Waals surface area (Å²) >= 11 is 13.3. The van der Waals surface area contributed by atoms with Crippen LogP contribution in [0.5, 0.6) is 11.5 Å². The van der Waals surface area contributed by atoms with E-state index in [1.54, 1.807) is 25.3 Å². The molecule has 0 aromatic heterocycles. The van der Waals surface area contributed by atoms with Crippen LogP contribution in [-0.4, -0.2) is 19.5 Å². The molecule has 2 unspecified atom stereocenters. The zero-order valence-corrected chi connectivity index (χ0v) is 22.1. The highest BCUT2D eigenvalue weighted by molar-refractivity contribution is 6.36. The molecule has 1 aliphatic rings. The van der Waals surface area contributed by atoms with Crippen molar-refractivity contribution in [2.75, 3.05) is 13.7 Å². The van der Waals surface area contributed by atoms with Gasteiger partial charge < -0.3 is 14.2 Å². The monoisotopic (exact) mass is 532 g/mol. The lowest BCUT2D eigenvalue weighted by molar-refractivity contribution is 0.0493. The van der Waals surface area contributed by atoms with E-state index in [-0.39, 0.29) is 11.7 Å². The third kappa shape index (κ3) is 4.85. The smallest absolute Gasteiger partial charge is 0.195 e. The number of benzene rings is 4. The number of methoxy groups -OCH3 is 1. The van der Waals surface area contributed by atoms with Gasteiger partial charge in [-0.15, -0.1) is 0 Å². The molecule has 0 saturated heterocycles. The molecule has 4 aromatic carbocycles. The van der Waals surface area contributed by atoms with Crippen molar-refractivity contribution in [2.24, 2.45) is 0 Å². The molecule has 6 heteroatoms. The molecule has 0 heterocycles. The summed E-state index contributed by atoms with van der Waals surface area (Å²) in [7, 11) is 1.62. The van der Waals surface area contributed by atoms with Crippen LogP contribution in [0.2, 0.25) is 10.0 Å². The van der Waals surface area contributed by atoms with Crippen LogP contribution in [0.25, 0.3) is 0 Å². The van der Waals surface area contributed by atoms with Crippen LogP contribution in [-0.2, 0) is 11.3 Å². The maximum atomic E-state index is 13.5. The largest absolute Gasteiger partial charge is 0.493 e. The van der Waals surface area contributed by atoms with Gasteiger partial charge in [-0.05, 0) is 53.4 Å². The van der Waals surface area contributed by atoms with Crippen molar-refractivity contribution in [3.05, 3.63) is 128 Å². The summed E-state index contributed by atoms with van der Waals surface area (Å²) < 4.78 is 18.2. The maximum absolute atomic E-state index is 13.5. The Kier molecular flexibility index (Phi) is 7.52. The number of ketones is 1. The molecule has 0 radical (unpaired) electrons. The molecule has 0 N–H and O–H groups in total. The Morgan fingerprint density at radius 3 is 2.38 bits per heavy atom. The van der Waals surface area contributed by atoms with Gasteiger partial charge >= 0.3 is 0 Å². The molecule has 0 amide bonds. The molecule has 0 bridgehead atoms. The summed E-state index contributed by atoms with van der Waals surface area (Å²) in [6.07, 6.45) is -0.459. The van der Waals surface area contributed by atoms with E-state index in [0.29, 0.717) is 45.9 Å². The maximum Gasteiger partial charge on any atom is 0.195 e. The lowest BCUT2D eigenvalue weighted by atomic mass is 9.73. The molecule has 0 aliphatic heterocycles. The number of rotatable bonds is 8. The minimum atomic E-state index is -0.459. The van der Waals surface area contributed by atoms with Gasteiger partial charge in [-0.3, -0.25) is 4.79 Å². The lowest BCUT2D eigenvalue weighted by Crippen LogP contribution is -2.26. The number of ether oxygens (including phenoxy) is 3. The van der Waals surface area contributed by atoms with Gasteiger partial charge in [0.2, 0.25) is 0 Å². The number of carbonyl (C=O) groups excluding carboxylic acids is 1. The van der Waals surface area contributed by atoms with Crippen LogP contribution >= 0.6 is 23.2 Å². The molecule has 4 nitrogen and oxygen atoms in total. The average molecular weight is 533 g/mol. The Morgan fingerprint density at radius 1 is 0.865 bits per heavy atom. The third-order valence-corrected chi connectivity index (χ3v) is 7.26. The Morgan fingerprint density at radius 2 is 1.62 bits per heavy atom. The highest BCUT2D eigenvalue weighted by Crippen LogP contribution is 2.50. The minimum Gasteiger partial charge on any atom is -0.493 e. The van der Waals surface area contributed by atoms with Crippen molar-refractivity contribution in [3.8, 4) is 11.5 Å². The average Bonchev–Trinajstić information content (AvgIpc) is 2.92. The molecular formula is C31H26Cl2O4. The van der Waals surface area contributed by atoms with Crippen molar-refractivity contribution in [3.63, 3.8) is 0 Å². The van der Waals surface area contributed by atoms with Crippen molar-refractivity contribution >= 4 is 29.0 Å². The van der Waals surface area contributed by atoms with Crippen LogP contribution < -0.4 is 9.47 Å². The second-order valence-electron chi connectivity index (χ2n) is 8.77. The van der Waals surface area contributed by atoms with Crippen molar-refractivity contribution < 1.29 is 19.0 Å². The van der Waals surface area contributed by atoms with E-state index >= 15 is 0 Å².